The predicted octanol–water partition coefficient (Wildman–Crippen LogP) is 2.84. The van der Waals surface area contributed by atoms with Gasteiger partial charge in [-0.3, -0.25) is 9.88 Å². The van der Waals surface area contributed by atoms with Crippen LogP contribution in [0.15, 0.2) is 67.3 Å². The van der Waals surface area contributed by atoms with Gasteiger partial charge < -0.3 is 5.32 Å². The number of nitrogens with one attached hydrogen (secondary N) is 1. The lowest BCUT2D eigenvalue weighted by Crippen LogP contribution is -2.45. The van der Waals surface area contributed by atoms with E-state index in [1.54, 1.807) is 6.20 Å². The summed E-state index contributed by atoms with van der Waals surface area (Å²) in [6.45, 7) is 3.95. The number of piperazine rings is 1. The Labute approximate surface area is 154 Å². The first kappa shape index (κ1) is 17.6. The summed E-state index contributed by atoms with van der Waals surface area (Å²) in [5.74, 6) is 0. The van der Waals surface area contributed by atoms with Gasteiger partial charge in [0.1, 0.15) is 0 Å². The molecule has 0 bridgehead atoms. The average molecular weight is 356 g/mol. The standard InChI is InChI=1S/C19H21N5.ClH/c1-4-16(12-18(6-1)24-10-3-8-22-24)15-23-11-9-21-14-19(23)17-5-2-7-20-13-17;/h1-8,10,12-13,19,21H,9,11,14-15H2;1H. The highest BCUT2D eigenvalue weighted by Gasteiger charge is 2.23. The van der Waals surface area contributed by atoms with Crippen molar-refractivity contribution in [2.75, 3.05) is 19.6 Å². The zero-order valence-corrected chi connectivity index (χ0v) is 14.8. The van der Waals surface area contributed by atoms with Crippen molar-refractivity contribution >= 4 is 12.4 Å². The van der Waals surface area contributed by atoms with Gasteiger partial charge in [-0.25, -0.2) is 4.68 Å². The van der Waals surface area contributed by atoms with Crippen molar-refractivity contribution in [2.45, 2.75) is 12.6 Å². The Morgan fingerprint density at radius 2 is 2.08 bits per heavy atom. The van der Waals surface area contributed by atoms with Gasteiger partial charge in [0.05, 0.1) is 5.69 Å². The van der Waals surface area contributed by atoms with E-state index in [4.69, 9.17) is 0 Å². The third-order valence-electron chi connectivity index (χ3n) is 4.49. The summed E-state index contributed by atoms with van der Waals surface area (Å²) in [7, 11) is 0. The van der Waals surface area contributed by atoms with E-state index < -0.39 is 0 Å². The molecule has 1 unspecified atom stereocenters. The molecule has 0 radical (unpaired) electrons. The quantitative estimate of drug-likeness (QED) is 0.781. The van der Waals surface area contributed by atoms with Gasteiger partial charge in [-0.05, 0) is 35.4 Å². The second-order valence-corrected chi connectivity index (χ2v) is 6.10. The smallest absolute Gasteiger partial charge is 0.0648 e. The van der Waals surface area contributed by atoms with Crippen LogP contribution in [0.5, 0.6) is 0 Å². The Balaban J connectivity index is 0.00000182. The highest BCUT2D eigenvalue weighted by molar-refractivity contribution is 5.85. The number of hydrogen-bond acceptors (Lipinski definition) is 4. The van der Waals surface area contributed by atoms with Crippen LogP contribution in [0.1, 0.15) is 17.2 Å². The highest BCUT2D eigenvalue weighted by atomic mass is 35.5. The van der Waals surface area contributed by atoms with E-state index in [9.17, 15) is 0 Å². The third kappa shape index (κ3) is 4.07. The average Bonchev–Trinajstić information content (AvgIpc) is 3.18. The van der Waals surface area contributed by atoms with E-state index in [0.29, 0.717) is 6.04 Å². The van der Waals surface area contributed by atoms with Crippen molar-refractivity contribution in [3.05, 3.63) is 78.4 Å². The molecule has 0 spiro atoms. The molecule has 1 atom stereocenters. The minimum absolute atomic E-state index is 0. The fourth-order valence-corrected chi connectivity index (χ4v) is 3.29. The van der Waals surface area contributed by atoms with Crippen LogP contribution in [0.2, 0.25) is 0 Å². The van der Waals surface area contributed by atoms with E-state index in [-0.39, 0.29) is 12.4 Å². The summed E-state index contributed by atoms with van der Waals surface area (Å²) in [5, 5.41) is 7.82. The molecule has 6 heteroatoms. The van der Waals surface area contributed by atoms with Crippen LogP contribution in [0.4, 0.5) is 0 Å². The molecule has 1 N–H and O–H groups in total. The Bertz CT molecular complexity index is 776. The van der Waals surface area contributed by atoms with Gasteiger partial charge in [0, 0.05) is 57.0 Å². The second-order valence-electron chi connectivity index (χ2n) is 6.10. The molecule has 2 aromatic heterocycles. The molecule has 25 heavy (non-hydrogen) atoms. The Morgan fingerprint density at radius 3 is 2.88 bits per heavy atom. The lowest BCUT2D eigenvalue weighted by Gasteiger charge is -2.36. The number of halogens is 1. The number of pyridine rings is 1. The molecule has 3 aromatic rings. The first-order chi connectivity index (χ1) is 11.9. The lowest BCUT2D eigenvalue weighted by atomic mass is 10.0. The fraction of sp³-hybridized carbons (Fsp3) is 0.263. The van der Waals surface area contributed by atoms with Gasteiger partial charge in [0.25, 0.3) is 0 Å². The van der Waals surface area contributed by atoms with Crippen molar-refractivity contribution in [3.8, 4) is 5.69 Å². The minimum Gasteiger partial charge on any atom is -0.314 e. The van der Waals surface area contributed by atoms with E-state index in [2.05, 4.69) is 50.6 Å². The molecule has 3 heterocycles. The summed E-state index contributed by atoms with van der Waals surface area (Å²) < 4.78 is 1.90. The minimum atomic E-state index is 0. The topological polar surface area (TPSA) is 46.0 Å². The molecule has 1 fully saturated rings. The van der Waals surface area contributed by atoms with Crippen LogP contribution >= 0.6 is 12.4 Å². The summed E-state index contributed by atoms with van der Waals surface area (Å²) in [6.07, 6.45) is 7.59. The third-order valence-corrected chi connectivity index (χ3v) is 4.49. The Kier molecular flexibility index (Phi) is 5.81. The number of aromatic nitrogens is 3. The van der Waals surface area contributed by atoms with Gasteiger partial charge in [0.15, 0.2) is 0 Å². The van der Waals surface area contributed by atoms with Crippen molar-refractivity contribution in [1.29, 1.82) is 0 Å². The first-order valence-corrected chi connectivity index (χ1v) is 8.34. The number of hydrogen-bond donors (Lipinski definition) is 1. The fourth-order valence-electron chi connectivity index (χ4n) is 3.29. The summed E-state index contributed by atoms with van der Waals surface area (Å²) >= 11 is 0. The van der Waals surface area contributed by atoms with Crippen LogP contribution in [-0.2, 0) is 6.54 Å². The normalized spacial score (nSPS) is 17.8. The van der Waals surface area contributed by atoms with Gasteiger partial charge in [-0.1, -0.05) is 18.2 Å². The molecule has 1 aliphatic heterocycles. The van der Waals surface area contributed by atoms with E-state index in [1.807, 2.05) is 35.4 Å². The van der Waals surface area contributed by atoms with Crippen LogP contribution in [-0.4, -0.2) is 39.3 Å². The molecular formula is C19H22ClN5. The van der Waals surface area contributed by atoms with Crippen LogP contribution in [0, 0.1) is 0 Å². The van der Waals surface area contributed by atoms with Gasteiger partial charge in [-0.15, -0.1) is 12.4 Å². The summed E-state index contributed by atoms with van der Waals surface area (Å²) in [6, 6.07) is 15.1. The van der Waals surface area contributed by atoms with Crippen LogP contribution in [0.25, 0.3) is 5.69 Å². The maximum atomic E-state index is 4.32. The Morgan fingerprint density at radius 1 is 1.12 bits per heavy atom. The van der Waals surface area contributed by atoms with E-state index in [0.717, 1.165) is 31.9 Å². The zero-order valence-electron chi connectivity index (χ0n) is 14.0. The van der Waals surface area contributed by atoms with Crippen molar-refractivity contribution in [3.63, 3.8) is 0 Å². The van der Waals surface area contributed by atoms with Crippen molar-refractivity contribution in [2.24, 2.45) is 0 Å². The molecule has 4 rings (SSSR count). The Hall–Kier alpha value is -2.21. The van der Waals surface area contributed by atoms with Gasteiger partial charge >= 0.3 is 0 Å². The highest BCUT2D eigenvalue weighted by Crippen LogP contribution is 2.24. The molecule has 0 saturated carbocycles. The number of benzene rings is 1. The van der Waals surface area contributed by atoms with E-state index >= 15 is 0 Å². The van der Waals surface area contributed by atoms with Crippen molar-refractivity contribution in [1.82, 2.24) is 25.0 Å². The maximum absolute atomic E-state index is 4.32. The molecule has 0 aliphatic carbocycles. The molecule has 1 saturated heterocycles. The van der Waals surface area contributed by atoms with Crippen LogP contribution in [0.3, 0.4) is 0 Å². The van der Waals surface area contributed by atoms with Crippen molar-refractivity contribution < 1.29 is 0 Å². The van der Waals surface area contributed by atoms with E-state index in [1.165, 1.54) is 11.1 Å². The molecule has 1 aromatic carbocycles. The zero-order chi connectivity index (χ0) is 16.2. The molecular weight excluding hydrogens is 334 g/mol. The molecule has 0 amide bonds. The maximum Gasteiger partial charge on any atom is 0.0648 e. The molecule has 1 aliphatic rings. The summed E-state index contributed by atoms with van der Waals surface area (Å²) in [4.78, 5) is 6.81. The number of rotatable bonds is 4. The number of nitrogens with zero attached hydrogens (tertiary/aromatic N) is 4. The summed E-state index contributed by atoms with van der Waals surface area (Å²) in [5.41, 5.74) is 3.68. The largest absolute Gasteiger partial charge is 0.314 e. The predicted molar refractivity (Wildman–Crippen MR) is 101 cm³/mol. The van der Waals surface area contributed by atoms with Gasteiger partial charge in [-0.2, -0.15) is 5.10 Å². The lowest BCUT2D eigenvalue weighted by molar-refractivity contribution is 0.153. The first-order valence-electron chi connectivity index (χ1n) is 8.34. The monoisotopic (exact) mass is 355 g/mol. The SMILES string of the molecule is Cl.c1cncc(C2CNCCN2Cc2cccc(-n3cccn3)c2)c1. The van der Waals surface area contributed by atoms with Gasteiger partial charge in [0.2, 0.25) is 0 Å². The second kappa shape index (κ2) is 8.25. The molecule has 130 valence electrons. The van der Waals surface area contributed by atoms with Crippen LogP contribution < -0.4 is 5.32 Å². The molecule has 5 nitrogen and oxygen atoms in total.